The molecule has 3 N–H and O–H groups in total. The van der Waals surface area contributed by atoms with Crippen LogP contribution in [0, 0.1) is 0 Å². The predicted octanol–water partition coefficient (Wildman–Crippen LogP) is 3.91. The number of fused-ring (bicyclic) bond motifs is 1. The van der Waals surface area contributed by atoms with Crippen LogP contribution in [0.25, 0.3) is 22.5 Å². The first-order valence-corrected chi connectivity index (χ1v) is 11.3. The van der Waals surface area contributed by atoms with Crippen LogP contribution in [-0.4, -0.2) is 48.1 Å². The van der Waals surface area contributed by atoms with Gasteiger partial charge in [-0.3, -0.25) is 4.99 Å². The lowest BCUT2D eigenvalue weighted by Crippen LogP contribution is -2.33. The second-order valence-electron chi connectivity index (χ2n) is 8.77. The average Bonchev–Trinajstić information content (AvgIpc) is 3.41. The third-order valence-electron chi connectivity index (χ3n) is 6.46. The van der Waals surface area contributed by atoms with Gasteiger partial charge in [-0.15, -0.1) is 10.2 Å². The zero-order valence-corrected chi connectivity index (χ0v) is 18.6. The van der Waals surface area contributed by atoms with Crippen LogP contribution in [0.1, 0.15) is 42.5 Å². The number of benzene rings is 2. The van der Waals surface area contributed by atoms with Crippen molar-refractivity contribution in [3.63, 3.8) is 0 Å². The van der Waals surface area contributed by atoms with E-state index in [4.69, 9.17) is 0 Å². The number of aliphatic imine (C=N–C) groups is 1. The van der Waals surface area contributed by atoms with E-state index in [0.717, 1.165) is 52.2 Å². The summed E-state index contributed by atoms with van der Waals surface area (Å²) >= 11 is 0. The fourth-order valence-corrected chi connectivity index (χ4v) is 4.61. The molecule has 2 aromatic heterocycles. The van der Waals surface area contributed by atoms with Gasteiger partial charge in [0.25, 0.3) is 0 Å². The van der Waals surface area contributed by atoms with Crippen molar-refractivity contribution >= 4 is 17.5 Å². The number of carboxylic acids is 1. The van der Waals surface area contributed by atoms with Crippen LogP contribution in [-0.2, 0) is 11.3 Å². The summed E-state index contributed by atoms with van der Waals surface area (Å²) in [6.07, 6.45) is 1.36. The van der Waals surface area contributed by atoms with Crippen molar-refractivity contribution in [3.8, 4) is 22.5 Å². The summed E-state index contributed by atoms with van der Waals surface area (Å²) in [5, 5.41) is 27.1. The maximum absolute atomic E-state index is 11.6. The summed E-state index contributed by atoms with van der Waals surface area (Å²) in [6, 6.07) is 18.6. The SMILES string of the molecule is CC1=NC(C(=O)O)Nc2c1cc(C1CC1)n2Cc1ccc(-c2ccccc2-c2nn[nH]n2)cc1. The van der Waals surface area contributed by atoms with Gasteiger partial charge in [0.15, 0.2) is 0 Å². The number of aromatic amines is 1. The Morgan fingerprint density at radius 3 is 2.53 bits per heavy atom. The second-order valence-corrected chi connectivity index (χ2v) is 8.77. The molecule has 9 heteroatoms. The van der Waals surface area contributed by atoms with Crippen molar-refractivity contribution in [2.45, 2.75) is 38.4 Å². The van der Waals surface area contributed by atoms with E-state index in [-0.39, 0.29) is 0 Å². The number of nitrogens with zero attached hydrogens (tertiary/aromatic N) is 5. The van der Waals surface area contributed by atoms with Gasteiger partial charge in [0, 0.05) is 29.1 Å². The van der Waals surface area contributed by atoms with Crippen LogP contribution in [0.4, 0.5) is 5.82 Å². The minimum Gasteiger partial charge on any atom is -0.478 e. The van der Waals surface area contributed by atoms with E-state index in [1.165, 1.54) is 5.69 Å². The first kappa shape index (κ1) is 20.3. The lowest BCUT2D eigenvalue weighted by molar-refractivity contribution is -0.137. The van der Waals surface area contributed by atoms with Crippen LogP contribution in [0.5, 0.6) is 0 Å². The van der Waals surface area contributed by atoms with Crippen molar-refractivity contribution in [2.75, 3.05) is 5.32 Å². The molecule has 0 amide bonds. The molecule has 0 saturated heterocycles. The number of aromatic nitrogens is 5. The molecule has 9 nitrogen and oxygen atoms in total. The molecule has 2 aromatic carbocycles. The smallest absolute Gasteiger partial charge is 0.349 e. The minimum atomic E-state index is -0.977. The van der Waals surface area contributed by atoms with Gasteiger partial charge in [-0.25, -0.2) is 4.79 Å². The van der Waals surface area contributed by atoms with Crippen molar-refractivity contribution in [1.29, 1.82) is 0 Å². The van der Waals surface area contributed by atoms with Gasteiger partial charge in [-0.1, -0.05) is 48.5 Å². The summed E-state index contributed by atoms with van der Waals surface area (Å²) in [6.45, 7) is 2.53. The molecule has 6 rings (SSSR count). The lowest BCUT2D eigenvalue weighted by Gasteiger charge is -2.22. The van der Waals surface area contributed by atoms with Gasteiger partial charge in [0.2, 0.25) is 12.0 Å². The van der Waals surface area contributed by atoms with Crippen LogP contribution >= 0.6 is 0 Å². The molecule has 4 aromatic rings. The zero-order valence-electron chi connectivity index (χ0n) is 18.6. The Labute approximate surface area is 195 Å². The van der Waals surface area contributed by atoms with Crippen molar-refractivity contribution in [1.82, 2.24) is 25.2 Å². The van der Waals surface area contributed by atoms with E-state index in [1.54, 1.807) is 0 Å². The molecule has 1 fully saturated rings. The van der Waals surface area contributed by atoms with Gasteiger partial charge >= 0.3 is 5.97 Å². The molecular formula is C25H23N7O2. The number of tetrazole rings is 1. The molecular weight excluding hydrogens is 430 g/mol. The Kier molecular flexibility index (Phi) is 4.75. The van der Waals surface area contributed by atoms with E-state index in [2.05, 4.69) is 65.8 Å². The Morgan fingerprint density at radius 2 is 1.85 bits per heavy atom. The maximum Gasteiger partial charge on any atom is 0.349 e. The van der Waals surface area contributed by atoms with Gasteiger partial charge in [-0.05, 0) is 53.7 Å². The third-order valence-corrected chi connectivity index (χ3v) is 6.46. The fourth-order valence-electron chi connectivity index (χ4n) is 4.61. The zero-order chi connectivity index (χ0) is 23.2. The number of hydrogen-bond acceptors (Lipinski definition) is 6. The van der Waals surface area contributed by atoms with E-state index < -0.39 is 12.1 Å². The van der Waals surface area contributed by atoms with Gasteiger partial charge < -0.3 is 15.0 Å². The summed E-state index contributed by atoms with van der Waals surface area (Å²) in [5.74, 6) is 0.942. The van der Waals surface area contributed by atoms with Gasteiger partial charge in [0.1, 0.15) is 5.82 Å². The quantitative estimate of drug-likeness (QED) is 0.407. The Morgan fingerprint density at radius 1 is 1.09 bits per heavy atom. The fraction of sp³-hybridized carbons (Fsp3) is 0.240. The van der Waals surface area contributed by atoms with Gasteiger partial charge in [0.05, 0.1) is 0 Å². The number of rotatable bonds is 6. The summed E-state index contributed by atoms with van der Waals surface area (Å²) in [5.41, 5.74) is 7.14. The molecule has 2 aliphatic rings. The topological polar surface area (TPSA) is 121 Å². The number of carboxylic acid groups (broad SMARTS) is 1. The van der Waals surface area contributed by atoms with Crippen LogP contribution in [0.15, 0.2) is 59.6 Å². The van der Waals surface area contributed by atoms with Crippen molar-refractivity contribution in [3.05, 3.63) is 71.4 Å². The highest BCUT2D eigenvalue weighted by Gasteiger charge is 2.33. The number of carbonyl (C=O) groups is 1. The minimum absolute atomic E-state index is 0.518. The predicted molar refractivity (Wildman–Crippen MR) is 128 cm³/mol. The molecule has 1 saturated carbocycles. The molecule has 1 aliphatic heterocycles. The second kappa shape index (κ2) is 7.95. The highest BCUT2D eigenvalue weighted by atomic mass is 16.4. The number of aliphatic carboxylic acids is 1. The molecule has 3 heterocycles. The van der Waals surface area contributed by atoms with Crippen LogP contribution in [0.2, 0.25) is 0 Å². The monoisotopic (exact) mass is 453 g/mol. The average molecular weight is 454 g/mol. The van der Waals surface area contributed by atoms with Crippen molar-refractivity contribution < 1.29 is 9.90 Å². The van der Waals surface area contributed by atoms with E-state index in [1.807, 2.05) is 31.2 Å². The Bertz CT molecular complexity index is 1400. The van der Waals surface area contributed by atoms with E-state index in [9.17, 15) is 9.90 Å². The first-order chi connectivity index (χ1) is 16.6. The Hall–Kier alpha value is -4.27. The molecule has 0 bridgehead atoms. The van der Waals surface area contributed by atoms with E-state index >= 15 is 0 Å². The molecule has 1 aliphatic carbocycles. The number of anilines is 1. The summed E-state index contributed by atoms with van der Waals surface area (Å²) in [7, 11) is 0. The standard InChI is InChI=1S/C25H23N7O2/c1-14-20-12-21(17-10-11-17)32(24(20)27-23(26-14)25(33)34)13-15-6-8-16(9-7-15)18-4-2-3-5-19(18)22-28-30-31-29-22/h2-9,12,17,23,27H,10-11,13H2,1H3,(H,33,34)(H,28,29,30,31). The molecule has 34 heavy (non-hydrogen) atoms. The Balaban J connectivity index is 1.33. The highest BCUT2D eigenvalue weighted by Crippen LogP contribution is 2.44. The molecule has 1 atom stereocenters. The number of H-pyrrole nitrogens is 1. The van der Waals surface area contributed by atoms with Gasteiger partial charge in [-0.2, -0.15) is 5.21 Å². The number of nitrogens with one attached hydrogen (secondary N) is 2. The molecule has 0 radical (unpaired) electrons. The van der Waals surface area contributed by atoms with Crippen molar-refractivity contribution in [2.24, 2.45) is 4.99 Å². The highest BCUT2D eigenvalue weighted by molar-refractivity contribution is 6.06. The van der Waals surface area contributed by atoms with E-state index in [0.29, 0.717) is 18.3 Å². The largest absolute Gasteiger partial charge is 0.478 e. The molecule has 1 unspecified atom stereocenters. The maximum atomic E-state index is 11.6. The van der Waals surface area contributed by atoms with Crippen LogP contribution < -0.4 is 5.32 Å². The molecule has 0 spiro atoms. The lowest BCUT2D eigenvalue weighted by atomic mass is 9.98. The van der Waals surface area contributed by atoms with Crippen LogP contribution in [0.3, 0.4) is 0 Å². The number of hydrogen-bond donors (Lipinski definition) is 3. The normalized spacial score (nSPS) is 17.1. The first-order valence-electron chi connectivity index (χ1n) is 11.3. The summed E-state index contributed by atoms with van der Waals surface area (Å²) in [4.78, 5) is 15.9. The summed E-state index contributed by atoms with van der Waals surface area (Å²) < 4.78 is 2.23. The molecule has 170 valence electrons. The third kappa shape index (κ3) is 3.55.